The SMILES string of the molecule is CC(C#N)=Cc1ccc(C)cc1C. The van der Waals surface area contributed by atoms with Gasteiger partial charge in [-0.1, -0.05) is 23.8 Å². The maximum Gasteiger partial charge on any atom is 0.0944 e. The van der Waals surface area contributed by atoms with Gasteiger partial charge in [0.1, 0.15) is 0 Å². The summed E-state index contributed by atoms with van der Waals surface area (Å²) in [4.78, 5) is 0. The van der Waals surface area contributed by atoms with Crippen LogP contribution in [0.1, 0.15) is 23.6 Å². The van der Waals surface area contributed by atoms with Gasteiger partial charge < -0.3 is 0 Å². The van der Waals surface area contributed by atoms with Gasteiger partial charge in [-0.25, -0.2) is 0 Å². The van der Waals surface area contributed by atoms with Gasteiger partial charge in [-0.3, -0.25) is 0 Å². The highest BCUT2D eigenvalue weighted by atomic mass is 14.2. The van der Waals surface area contributed by atoms with Crippen molar-refractivity contribution in [2.45, 2.75) is 20.8 Å². The Labute approximate surface area is 79.3 Å². The van der Waals surface area contributed by atoms with Gasteiger partial charge in [0.05, 0.1) is 6.07 Å². The number of rotatable bonds is 1. The Hall–Kier alpha value is -1.55. The summed E-state index contributed by atoms with van der Waals surface area (Å²) in [6.45, 7) is 5.94. The Balaban J connectivity index is 3.12. The molecule has 0 fully saturated rings. The predicted molar refractivity (Wildman–Crippen MR) is 55.2 cm³/mol. The van der Waals surface area contributed by atoms with E-state index in [1.54, 1.807) is 0 Å². The zero-order valence-electron chi connectivity index (χ0n) is 8.26. The molecule has 0 aliphatic rings. The van der Waals surface area contributed by atoms with Crippen LogP contribution >= 0.6 is 0 Å². The highest BCUT2D eigenvalue weighted by Crippen LogP contribution is 2.13. The molecule has 0 atom stereocenters. The molecule has 13 heavy (non-hydrogen) atoms. The molecule has 1 rings (SSSR count). The highest BCUT2D eigenvalue weighted by Gasteiger charge is 1.95. The molecule has 0 radical (unpaired) electrons. The van der Waals surface area contributed by atoms with Crippen molar-refractivity contribution in [3.05, 3.63) is 40.5 Å². The maximum atomic E-state index is 8.62. The molecule has 0 aromatic heterocycles. The smallest absolute Gasteiger partial charge is 0.0944 e. The first-order valence-corrected chi connectivity index (χ1v) is 4.29. The summed E-state index contributed by atoms with van der Waals surface area (Å²) < 4.78 is 0. The van der Waals surface area contributed by atoms with Gasteiger partial charge in [0.25, 0.3) is 0 Å². The van der Waals surface area contributed by atoms with Gasteiger partial charge in [0, 0.05) is 5.57 Å². The molecular weight excluding hydrogens is 158 g/mol. The Morgan fingerprint density at radius 3 is 2.62 bits per heavy atom. The molecule has 66 valence electrons. The summed E-state index contributed by atoms with van der Waals surface area (Å²) in [6.07, 6.45) is 1.91. The molecular formula is C12H13N. The molecule has 0 aliphatic heterocycles. The normalized spacial score (nSPS) is 11.1. The molecule has 0 unspecified atom stereocenters. The first-order chi connectivity index (χ1) is 6.13. The standard InChI is InChI=1S/C12H13N/c1-9-4-5-12(11(3)6-9)7-10(2)8-13/h4-7H,1-3H3. The van der Waals surface area contributed by atoms with Gasteiger partial charge in [-0.05, 0) is 38.0 Å². The fourth-order valence-corrected chi connectivity index (χ4v) is 1.25. The van der Waals surface area contributed by atoms with E-state index in [0.29, 0.717) is 0 Å². The second-order valence-corrected chi connectivity index (χ2v) is 3.30. The quantitative estimate of drug-likeness (QED) is 0.595. The van der Waals surface area contributed by atoms with Crippen molar-refractivity contribution in [1.82, 2.24) is 0 Å². The van der Waals surface area contributed by atoms with Crippen LogP contribution in [0.25, 0.3) is 6.08 Å². The first-order valence-electron chi connectivity index (χ1n) is 4.29. The molecule has 1 aromatic rings. The molecule has 1 heteroatoms. The predicted octanol–water partition coefficient (Wildman–Crippen LogP) is 3.23. The van der Waals surface area contributed by atoms with Crippen molar-refractivity contribution in [1.29, 1.82) is 5.26 Å². The van der Waals surface area contributed by atoms with E-state index < -0.39 is 0 Å². The van der Waals surface area contributed by atoms with Crippen molar-refractivity contribution >= 4 is 6.08 Å². The number of nitrogens with zero attached hydrogens (tertiary/aromatic N) is 1. The molecule has 1 nitrogen and oxygen atoms in total. The fourth-order valence-electron chi connectivity index (χ4n) is 1.25. The van der Waals surface area contributed by atoms with Crippen molar-refractivity contribution in [2.75, 3.05) is 0 Å². The monoisotopic (exact) mass is 171 g/mol. The van der Waals surface area contributed by atoms with Crippen LogP contribution in [-0.2, 0) is 0 Å². The van der Waals surface area contributed by atoms with Gasteiger partial charge in [-0.15, -0.1) is 0 Å². The second-order valence-electron chi connectivity index (χ2n) is 3.30. The Morgan fingerprint density at radius 2 is 2.08 bits per heavy atom. The third-order valence-electron chi connectivity index (χ3n) is 1.97. The molecule has 0 amide bonds. The number of hydrogen-bond acceptors (Lipinski definition) is 1. The van der Waals surface area contributed by atoms with Crippen molar-refractivity contribution in [3.63, 3.8) is 0 Å². The van der Waals surface area contributed by atoms with Crippen molar-refractivity contribution in [3.8, 4) is 6.07 Å². The van der Waals surface area contributed by atoms with E-state index in [9.17, 15) is 0 Å². The van der Waals surface area contributed by atoms with Crippen molar-refractivity contribution in [2.24, 2.45) is 0 Å². The molecule has 0 bridgehead atoms. The fraction of sp³-hybridized carbons (Fsp3) is 0.250. The lowest BCUT2D eigenvalue weighted by Gasteiger charge is -2.01. The van der Waals surface area contributed by atoms with Gasteiger partial charge in [0.2, 0.25) is 0 Å². The van der Waals surface area contributed by atoms with Crippen LogP contribution in [-0.4, -0.2) is 0 Å². The lowest BCUT2D eigenvalue weighted by Crippen LogP contribution is -1.82. The average Bonchev–Trinajstić information content (AvgIpc) is 2.09. The van der Waals surface area contributed by atoms with E-state index in [2.05, 4.69) is 32.0 Å². The number of allylic oxidation sites excluding steroid dienone is 1. The van der Waals surface area contributed by atoms with Crippen LogP contribution in [0.3, 0.4) is 0 Å². The molecule has 0 aliphatic carbocycles. The summed E-state index contributed by atoms with van der Waals surface area (Å²) in [7, 11) is 0. The maximum absolute atomic E-state index is 8.62. The van der Waals surface area contributed by atoms with E-state index >= 15 is 0 Å². The van der Waals surface area contributed by atoms with Crippen LogP contribution < -0.4 is 0 Å². The Bertz CT molecular complexity index is 381. The van der Waals surface area contributed by atoms with Gasteiger partial charge in [0.15, 0.2) is 0 Å². The highest BCUT2D eigenvalue weighted by molar-refractivity contribution is 5.59. The van der Waals surface area contributed by atoms with Crippen LogP contribution in [0.4, 0.5) is 0 Å². The Kier molecular flexibility index (Phi) is 2.87. The lowest BCUT2D eigenvalue weighted by molar-refractivity contribution is 1.36. The van der Waals surface area contributed by atoms with Crippen LogP contribution in [0.5, 0.6) is 0 Å². The third kappa shape index (κ3) is 2.45. The molecule has 0 saturated carbocycles. The molecule has 0 N–H and O–H groups in total. The minimum Gasteiger partial charge on any atom is -0.193 e. The van der Waals surface area contributed by atoms with Crippen LogP contribution in [0, 0.1) is 25.2 Å². The number of benzene rings is 1. The van der Waals surface area contributed by atoms with E-state index in [4.69, 9.17) is 5.26 Å². The number of aryl methyl sites for hydroxylation is 2. The summed E-state index contributed by atoms with van der Waals surface area (Å²) in [5, 5.41) is 8.62. The minimum absolute atomic E-state index is 0.743. The Morgan fingerprint density at radius 1 is 1.38 bits per heavy atom. The zero-order chi connectivity index (χ0) is 9.84. The average molecular weight is 171 g/mol. The molecule has 1 aromatic carbocycles. The van der Waals surface area contributed by atoms with E-state index in [-0.39, 0.29) is 0 Å². The van der Waals surface area contributed by atoms with Gasteiger partial charge in [-0.2, -0.15) is 5.26 Å². The molecule has 0 saturated heterocycles. The van der Waals surface area contributed by atoms with Gasteiger partial charge >= 0.3 is 0 Å². The summed E-state index contributed by atoms with van der Waals surface area (Å²) in [6, 6.07) is 8.34. The van der Waals surface area contributed by atoms with Crippen LogP contribution in [0.2, 0.25) is 0 Å². The van der Waals surface area contributed by atoms with E-state index in [1.807, 2.05) is 19.1 Å². The topological polar surface area (TPSA) is 23.8 Å². The van der Waals surface area contributed by atoms with Crippen molar-refractivity contribution < 1.29 is 0 Å². The van der Waals surface area contributed by atoms with Crippen LogP contribution in [0.15, 0.2) is 23.8 Å². The second kappa shape index (κ2) is 3.91. The number of hydrogen-bond donors (Lipinski definition) is 0. The van der Waals surface area contributed by atoms with E-state index in [0.717, 1.165) is 11.1 Å². The third-order valence-corrected chi connectivity index (χ3v) is 1.97. The summed E-state index contributed by atoms with van der Waals surface area (Å²) in [5.74, 6) is 0. The summed E-state index contributed by atoms with van der Waals surface area (Å²) in [5.41, 5.74) is 4.34. The lowest BCUT2D eigenvalue weighted by atomic mass is 10.0. The molecule has 0 spiro atoms. The largest absolute Gasteiger partial charge is 0.193 e. The first kappa shape index (κ1) is 9.54. The minimum atomic E-state index is 0.743. The molecule has 0 heterocycles. The summed E-state index contributed by atoms with van der Waals surface area (Å²) >= 11 is 0. The van der Waals surface area contributed by atoms with E-state index in [1.165, 1.54) is 11.1 Å². The zero-order valence-corrected chi connectivity index (χ0v) is 8.26. The number of nitriles is 1.